The van der Waals surface area contributed by atoms with Crippen LogP contribution in [0.4, 0.5) is 5.69 Å². The quantitative estimate of drug-likeness (QED) is 0.515. The molecule has 0 spiro atoms. The summed E-state index contributed by atoms with van der Waals surface area (Å²) in [5.41, 5.74) is 4.78. The predicted octanol–water partition coefficient (Wildman–Crippen LogP) is 4.24. The fourth-order valence-corrected chi connectivity index (χ4v) is 3.88. The minimum atomic E-state index is -0.108. The van der Waals surface area contributed by atoms with Gasteiger partial charge < -0.3 is 10.1 Å². The first-order valence-corrected chi connectivity index (χ1v) is 9.85. The zero-order valence-corrected chi connectivity index (χ0v) is 16.7. The highest BCUT2D eigenvalue weighted by molar-refractivity contribution is 7.99. The van der Waals surface area contributed by atoms with Crippen molar-refractivity contribution in [1.82, 2.24) is 14.6 Å². The lowest BCUT2D eigenvalue weighted by atomic mass is 10.1. The summed E-state index contributed by atoms with van der Waals surface area (Å²) < 4.78 is 7.22. The third kappa shape index (κ3) is 3.53. The molecule has 1 N–H and O–H groups in total. The molecule has 0 aliphatic rings. The predicted molar refractivity (Wildman–Crippen MR) is 112 cm³/mol. The van der Waals surface area contributed by atoms with Crippen LogP contribution in [0.3, 0.4) is 0 Å². The standard InChI is InChI=1S/C21H20N4O2S/c1-13-7-8-15-10-14(2)20-23-24-21(25(20)18(15)9-13)28-12-19(26)22-16-5-4-6-17(11-16)27-3/h4-11H,12H2,1-3H3,(H,22,26). The van der Waals surface area contributed by atoms with E-state index in [-0.39, 0.29) is 11.7 Å². The highest BCUT2D eigenvalue weighted by Gasteiger charge is 2.14. The Bertz CT molecular complexity index is 1190. The third-order valence-corrected chi connectivity index (χ3v) is 5.40. The first kappa shape index (κ1) is 18.3. The number of ether oxygens (including phenoxy) is 1. The van der Waals surface area contributed by atoms with Crippen LogP contribution in [0.1, 0.15) is 11.1 Å². The Hall–Kier alpha value is -3.06. The number of anilines is 1. The van der Waals surface area contributed by atoms with Gasteiger partial charge in [0.2, 0.25) is 5.91 Å². The first-order valence-electron chi connectivity index (χ1n) is 8.87. The second kappa shape index (κ2) is 7.52. The second-order valence-electron chi connectivity index (χ2n) is 6.60. The van der Waals surface area contributed by atoms with Crippen LogP contribution in [-0.2, 0) is 4.79 Å². The monoisotopic (exact) mass is 392 g/mol. The van der Waals surface area contributed by atoms with E-state index in [0.29, 0.717) is 16.6 Å². The number of methoxy groups -OCH3 is 1. The van der Waals surface area contributed by atoms with E-state index >= 15 is 0 Å². The summed E-state index contributed by atoms with van der Waals surface area (Å²) >= 11 is 1.37. The molecule has 0 fully saturated rings. The fourth-order valence-electron chi connectivity index (χ4n) is 3.13. The number of pyridine rings is 1. The summed E-state index contributed by atoms with van der Waals surface area (Å²) in [6, 6.07) is 15.7. The largest absolute Gasteiger partial charge is 0.497 e. The van der Waals surface area contributed by atoms with Crippen LogP contribution in [0, 0.1) is 13.8 Å². The van der Waals surface area contributed by atoms with Gasteiger partial charge >= 0.3 is 0 Å². The summed E-state index contributed by atoms with van der Waals surface area (Å²) in [6.07, 6.45) is 0. The van der Waals surface area contributed by atoms with Gasteiger partial charge in [0, 0.05) is 11.8 Å². The van der Waals surface area contributed by atoms with E-state index in [0.717, 1.165) is 27.7 Å². The van der Waals surface area contributed by atoms with Crippen LogP contribution in [0.15, 0.2) is 53.7 Å². The third-order valence-electron chi connectivity index (χ3n) is 4.47. The molecule has 28 heavy (non-hydrogen) atoms. The van der Waals surface area contributed by atoms with E-state index in [1.165, 1.54) is 11.8 Å². The van der Waals surface area contributed by atoms with Gasteiger partial charge in [0.15, 0.2) is 10.8 Å². The molecule has 0 unspecified atom stereocenters. The second-order valence-corrected chi connectivity index (χ2v) is 7.54. The lowest BCUT2D eigenvalue weighted by Gasteiger charge is -2.08. The molecule has 0 bridgehead atoms. The molecule has 0 saturated heterocycles. The summed E-state index contributed by atoms with van der Waals surface area (Å²) in [5.74, 6) is 0.827. The van der Waals surface area contributed by atoms with Gasteiger partial charge in [-0.15, -0.1) is 10.2 Å². The van der Waals surface area contributed by atoms with Gasteiger partial charge in [0.25, 0.3) is 0 Å². The summed E-state index contributed by atoms with van der Waals surface area (Å²) in [7, 11) is 1.60. The van der Waals surface area contributed by atoms with Crippen LogP contribution >= 0.6 is 11.8 Å². The van der Waals surface area contributed by atoms with Crippen molar-refractivity contribution in [2.75, 3.05) is 18.2 Å². The average Bonchev–Trinajstić information content (AvgIpc) is 3.12. The number of carbonyl (C=O) groups excluding carboxylic acids is 1. The molecule has 7 heteroatoms. The van der Waals surface area contributed by atoms with Crippen molar-refractivity contribution in [1.29, 1.82) is 0 Å². The molecule has 2 heterocycles. The normalized spacial score (nSPS) is 11.1. The molecule has 142 valence electrons. The molecule has 0 saturated carbocycles. The van der Waals surface area contributed by atoms with Crippen molar-refractivity contribution in [3.63, 3.8) is 0 Å². The maximum Gasteiger partial charge on any atom is 0.234 e. The number of nitrogens with one attached hydrogen (secondary N) is 1. The van der Waals surface area contributed by atoms with E-state index < -0.39 is 0 Å². The fraction of sp³-hybridized carbons (Fsp3) is 0.190. The highest BCUT2D eigenvalue weighted by Crippen LogP contribution is 2.26. The summed E-state index contributed by atoms with van der Waals surface area (Å²) in [5, 5.41) is 13.4. The van der Waals surface area contributed by atoms with Crippen molar-refractivity contribution in [3.8, 4) is 5.75 Å². The Balaban J connectivity index is 1.59. The van der Waals surface area contributed by atoms with Gasteiger partial charge in [-0.1, -0.05) is 30.0 Å². The van der Waals surface area contributed by atoms with Crippen molar-refractivity contribution >= 4 is 39.9 Å². The Morgan fingerprint density at radius 1 is 1.14 bits per heavy atom. The molecule has 2 aromatic heterocycles. The number of hydrogen-bond donors (Lipinski definition) is 1. The molecule has 4 rings (SSSR count). The zero-order chi connectivity index (χ0) is 19.7. The molecular formula is C21H20N4O2S. The lowest BCUT2D eigenvalue weighted by Crippen LogP contribution is -2.14. The van der Waals surface area contributed by atoms with Crippen LogP contribution in [0.5, 0.6) is 5.75 Å². The maximum absolute atomic E-state index is 12.4. The van der Waals surface area contributed by atoms with Crippen LogP contribution in [0.25, 0.3) is 16.6 Å². The number of carbonyl (C=O) groups is 1. The number of thioether (sulfide) groups is 1. The summed E-state index contributed by atoms with van der Waals surface area (Å²) in [4.78, 5) is 12.4. The van der Waals surface area contributed by atoms with Gasteiger partial charge in [0.1, 0.15) is 5.75 Å². The van der Waals surface area contributed by atoms with Crippen molar-refractivity contribution in [2.24, 2.45) is 0 Å². The molecule has 0 radical (unpaired) electrons. The van der Waals surface area contributed by atoms with E-state index in [2.05, 4.69) is 46.7 Å². The molecule has 0 aliphatic carbocycles. The Labute approximate surface area is 166 Å². The number of fused-ring (bicyclic) bond motifs is 3. The van der Waals surface area contributed by atoms with E-state index in [9.17, 15) is 4.79 Å². The zero-order valence-electron chi connectivity index (χ0n) is 15.9. The number of nitrogens with zero attached hydrogens (tertiary/aromatic N) is 3. The van der Waals surface area contributed by atoms with Gasteiger partial charge in [0.05, 0.1) is 18.4 Å². The molecule has 6 nitrogen and oxygen atoms in total. The number of aryl methyl sites for hydroxylation is 2. The SMILES string of the molecule is COc1cccc(NC(=O)CSc2nnc3c(C)cc4ccc(C)cc4n23)c1. The highest BCUT2D eigenvalue weighted by atomic mass is 32.2. The topological polar surface area (TPSA) is 68.5 Å². The molecular weight excluding hydrogens is 372 g/mol. The van der Waals surface area contributed by atoms with Crippen LogP contribution in [0.2, 0.25) is 0 Å². The molecule has 1 amide bonds. The molecule has 4 aromatic rings. The maximum atomic E-state index is 12.4. The van der Waals surface area contributed by atoms with E-state index in [4.69, 9.17) is 4.74 Å². The average molecular weight is 392 g/mol. The Morgan fingerprint density at radius 3 is 2.82 bits per heavy atom. The van der Waals surface area contributed by atoms with Crippen molar-refractivity contribution < 1.29 is 9.53 Å². The number of aromatic nitrogens is 3. The smallest absolute Gasteiger partial charge is 0.234 e. The van der Waals surface area contributed by atoms with E-state index in [1.807, 2.05) is 29.5 Å². The minimum absolute atomic E-state index is 0.108. The van der Waals surface area contributed by atoms with E-state index in [1.54, 1.807) is 13.2 Å². The lowest BCUT2D eigenvalue weighted by molar-refractivity contribution is -0.113. The Kier molecular flexibility index (Phi) is 4.92. The van der Waals surface area contributed by atoms with Crippen molar-refractivity contribution in [2.45, 2.75) is 19.0 Å². The number of benzene rings is 2. The van der Waals surface area contributed by atoms with Crippen LogP contribution < -0.4 is 10.1 Å². The molecule has 2 aromatic carbocycles. The minimum Gasteiger partial charge on any atom is -0.497 e. The van der Waals surface area contributed by atoms with Gasteiger partial charge in [-0.05, 0) is 54.6 Å². The van der Waals surface area contributed by atoms with Crippen molar-refractivity contribution in [3.05, 3.63) is 59.7 Å². The number of amides is 1. The summed E-state index contributed by atoms with van der Waals surface area (Å²) in [6.45, 7) is 4.08. The number of rotatable bonds is 5. The van der Waals surface area contributed by atoms with Gasteiger partial charge in [-0.3, -0.25) is 9.20 Å². The van der Waals surface area contributed by atoms with Crippen LogP contribution in [-0.4, -0.2) is 33.4 Å². The Morgan fingerprint density at radius 2 is 2.00 bits per heavy atom. The first-order chi connectivity index (χ1) is 13.5. The number of hydrogen-bond acceptors (Lipinski definition) is 5. The van der Waals surface area contributed by atoms with Gasteiger partial charge in [-0.2, -0.15) is 0 Å². The molecule has 0 aliphatic heterocycles. The molecule has 0 atom stereocenters. The van der Waals surface area contributed by atoms with Gasteiger partial charge in [-0.25, -0.2) is 0 Å².